The van der Waals surface area contributed by atoms with E-state index in [0.29, 0.717) is 5.92 Å². The Labute approximate surface area is 152 Å². The Hall–Kier alpha value is -1.62. The smallest absolute Gasteiger partial charge is 0.0934 e. The molecule has 1 aromatic heterocycles. The number of hydrogen-bond donors (Lipinski definition) is 1. The third-order valence-electron chi connectivity index (χ3n) is 4.40. The van der Waals surface area contributed by atoms with E-state index >= 15 is 0 Å². The van der Waals surface area contributed by atoms with Gasteiger partial charge >= 0.3 is 0 Å². The first-order valence-corrected chi connectivity index (χ1v) is 9.15. The van der Waals surface area contributed by atoms with Gasteiger partial charge in [0.2, 0.25) is 0 Å². The second kappa shape index (κ2) is 7.09. The molecule has 5 heteroatoms. The van der Waals surface area contributed by atoms with Gasteiger partial charge < -0.3 is 10.6 Å². The SMILES string of the molecule is CN=C/C(=C(/C)N)c1ccccc1C1CN(C)Cc2sc(Cl)cc21. The topological polar surface area (TPSA) is 41.6 Å². The maximum atomic E-state index is 6.30. The van der Waals surface area contributed by atoms with E-state index in [2.05, 4.69) is 47.3 Å². The molecule has 1 aliphatic heterocycles. The summed E-state index contributed by atoms with van der Waals surface area (Å²) >= 11 is 7.99. The van der Waals surface area contributed by atoms with Gasteiger partial charge in [-0.2, -0.15) is 0 Å². The van der Waals surface area contributed by atoms with E-state index in [-0.39, 0.29) is 0 Å². The standard InChI is InChI=1S/C19H22ClN3S/c1-12(21)16(9-22-2)13-6-4-5-7-14(13)17-10-23(3)11-18-15(17)8-19(20)24-18/h4-9,17H,10-11,21H2,1-3H3/b16-12+,22-9?. The van der Waals surface area contributed by atoms with Crippen molar-refractivity contribution in [2.45, 2.75) is 19.4 Å². The lowest BCUT2D eigenvalue weighted by Gasteiger charge is -2.31. The minimum Gasteiger partial charge on any atom is -0.402 e. The molecule has 0 amide bonds. The molecule has 0 radical (unpaired) electrons. The fourth-order valence-corrected chi connectivity index (χ4v) is 4.79. The molecule has 0 saturated carbocycles. The minimum atomic E-state index is 0.290. The summed E-state index contributed by atoms with van der Waals surface area (Å²) in [7, 11) is 3.93. The molecule has 3 nitrogen and oxygen atoms in total. The molecule has 3 rings (SSSR count). The van der Waals surface area contributed by atoms with Crippen molar-refractivity contribution in [3.05, 3.63) is 61.9 Å². The van der Waals surface area contributed by atoms with E-state index in [4.69, 9.17) is 17.3 Å². The molecular formula is C19H22ClN3S. The van der Waals surface area contributed by atoms with Crippen LogP contribution in [-0.2, 0) is 6.54 Å². The Balaban J connectivity index is 2.16. The third kappa shape index (κ3) is 3.27. The van der Waals surface area contributed by atoms with Crippen LogP contribution in [0.1, 0.15) is 34.4 Å². The molecule has 24 heavy (non-hydrogen) atoms. The molecule has 0 saturated heterocycles. The van der Waals surface area contributed by atoms with Crippen molar-refractivity contribution in [1.82, 2.24) is 4.90 Å². The minimum absolute atomic E-state index is 0.290. The molecule has 126 valence electrons. The van der Waals surface area contributed by atoms with Crippen LogP contribution in [0.25, 0.3) is 5.57 Å². The van der Waals surface area contributed by atoms with Crippen molar-refractivity contribution in [2.75, 3.05) is 20.6 Å². The average molecular weight is 360 g/mol. The second-order valence-electron chi connectivity index (χ2n) is 6.25. The Morgan fingerprint density at radius 2 is 2.12 bits per heavy atom. The molecule has 2 N–H and O–H groups in total. The van der Waals surface area contributed by atoms with Crippen LogP contribution in [0.4, 0.5) is 0 Å². The highest BCUT2D eigenvalue weighted by Crippen LogP contribution is 2.41. The summed E-state index contributed by atoms with van der Waals surface area (Å²) in [5, 5.41) is 0. The third-order valence-corrected chi connectivity index (χ3v) is 5.67. The lowest BCUT2D eigenvalue weighted by Crippen LogP contribution is -2.30. The van der Waals surface area contributed by atoms with Gasteiger partial charge in [0.05, 0.1) is 4.34 Å². The summed E-state index contributed by atoms with van der Waals surface area (Å²) in [6.07, 6.45) is 1.85. The number of likely N-dealkylation sites (N-methyl/N-ethyl adjacent to an activating group) is 1. The Morgan fingerprint density at radius 1 is 1.38 bits per heavy atom. The van der Waals surface area contributed by atoms with Gasteiger partial charge in [0.25, 0.3) is 0 Å². The van der Waals surface area contributed by atoms with Crippen molar-refractivity contribution in [3.8, 4) is 0 Å². The van der Waals surface area contributed by atoms with E-state index in [1.54, 1.807) is 18.4 Å². The molecule has 0 spiro atoms. The zero-order valence-corrected chi connectivity index (χ0v) is 15.8. The summed E-state index contributed by atoms with van der Waals surface area (Å²) in [6.45, 7) is 3.85. The molecule has 2 heterocycles. The fourth-order valence-electron chi connectivity index (χ4n) is 3.37. The molecule has 1 aromatic carbocycles. The molecule has 1 atom stereocenters. The number of aliphatic imine (C=N–C) groups is 1. The van der Waals surface area contributed by atoms with E-state index in [1.807, 2.05) is 13.1 Å². The monoisotopic (exact) mass is 359 g/mol. The van der Waals surface area contributed by atoms with Crippen molar-refractivity contribution in [1.29, 1.82) is 0 Å². The second-order valence-corrected chi connectivity index (χ2v) is 8.02. The number of fused-ring (bicyclic) bond motifs is 1. The van der Waals surface area contributed by atoms with Crippen LogP contribution in [0.15, 0.2) is 41.0 Å². The number of rotatable bonds is 3. The van der Waals surface area contributed by atoms with Gasteiger partial charge in [0.1, 0.15) is 0 Å². The first-order valence-electron chi connectivity index (χ1n) is 7.95. The van der Waals surface area contributed by atoms with Gasteiger partial charge in [0, 0.05) is 48.4 Å². The predicted molar refractivity (Wildman–Crippen MR) is 105 cm³/mol. The number of benzene rings is 1. The quantitative estimate of drug-likeness (QED) is 0.827. The van der Waals surface area contributed by atoms with Crippen molar-refractivity contribution >= 4 is 34.7 Å². The maximum absolute atomic E-state index is 6.30. The van der Waals surface area contributed by atoms with E-state index < -0.39 is 0 Å². The summed E-state index contributed by atoms with van der Waals surface area (Å²) < 4.78 is 0.860. The highest BCUT2D eigenvalue weighted by molar-refractivity contribution is 7.16. The molecule has 1 unspecified atom stereocenters. The van der Waals surface area contributed by atoms with Gasteiger partial charge in [-0.1, -0.05) is 35.9 Å². The van der Waals surface area contributed by atoms with Crippen LogP contribution in [0.2, 0.25) is 4.34 Å². The number of halogens is 1. The first-order chi connectivity index (χ1) is 11.5. The van der Waals surface area contributed by atoms with Crippen molar-refractivity contribution in [3.63, 3.8) is 0 Å². The fraction of sp³-hybridized carbons (Fsp3) is 0.316. The van der Waals surface area contributed by atoms with Crippen LogP contribution >= 0.6 is 22.9 Å². The molecule has 1 aliphatic rings. The molecule has 0 bridgehead atoms. The van der Waals surface area contributed by atoms with E-state index in [9.17, 15) is 0 Å². The average Bonchev–Trinajstić information content (AvgIpc) is 2.91. The Morgan fingerprint density at radius 3 is 2.83 bits per heavy atom. The number of thiophene rings is 1. The number of hydrogen-bond acceptors (Lipinski definition) is 4. The van der Waals surface area contributed by atoms with E-state index in [0.717, 1.165) is 34.3 Å². The van der Waals surface area contributed by atoms with Gasteiger partial charge in [-0.05, 0) is 36.7 Å². The zero-order chi connectivity index (χ0) is 17.3. The Kier molecular flexibility index (Phi) is 5.09. The normalized spacial score (nSPS) is 19.4. The molecule has 0 aliphatic carbocycles. The summed E-state index contributed by atoms with van der Waals surface area (Å²) in [6, 6.07) is 10.6. The molecule has 2 aromatic rings. The van der Waals surface area contributed by atoms with Crippen LogP contribution in [0, 0.1) is 0 Å². The summed E-state index contributed by atoms with van der Waals surface area (Å²) in [4.78, 5) is 7.90. The number of nitrogens with zero attached hydrogens (tertiary/aromatic N) is 2. The summed E-state index contributed by atoms with van der Waals surface area (Å²) in [5.74, 6) is 0.290. The van der Waals surface area contributed by atoms with Crippen LogP contribution in [0.5, 0.6) is 0 Å². The van der Waals surface area contributed by atoms with Crippen molar-refractivity contribution < 1.29 is 0 Å². The van der Waals surface area contributed by atoms with Crippen LogP contribution in [-0.4, -0.2) is 31.8 Å². The summed E-state index contributed by atoms with van der Waals surface area (Å²) in [5.41, 5.74) is 11.7. The van der Waals surface area contributed by atoms with Gasteiger partial charge in [-0.3, -0.25) is 4.99 Å². The largest absolute Gasteiger partial charge is 0.402 e. The highest BCUT2D eigenvalue weighted by atomic mass is 35.5. The van der Waals surface area contributed by atoms with Gasteiger partial charge in [-0.15, -0.1) is 11.3 Å². The van der Waals surface area contributed by atoms with Crippen molar-refractivity contribution in [2.24, 2.45) is 10.7 Å². The van der Waals surface area contributed by atoms with Crippen LogP contribution < -0.4 is 5.73 Å². The number of nitrogens with two attached hydrogens (primary N) is 1. The Bertz CT molecular complexity index is 803. The molecule has 0 fully saturated rings. The maximum Gasteiger partial charge on any atom is 0.0934 e. The zero-order valence-electron chi connectivity index (χ0n) is 14.2. The van der Waals surface area contributed by atoms with Gasteiger partial charge in [-0.25, -0.2) is 0 Å². The first kappa shape index (κ1) is 17.2. The van der Waals surface area contributed by atoms with E-state index in [1.165, 1.54) is 16.0 Å². The van der Waals surface area contributed by atoms with Gasteiger partial charge in [0.15, 0.2) is 0 Å². The highest BCUT2D eigenvalue weighted by Gasteiger charge is 2.28. The molecular weight excluding hydrogens is 338 g/mol. The lowest BCUT2D eigenvalue weighted by molar-refractivity contribution is 0.299. The lowest BCUT2D eigenvalue weighted by atomic mass is 9.84. The number of allylic oxidation sites excluding steroid dienone is 2. The predicted octanol–water partition coefficient (Wildman–Crippen LogP) is 4.37. The van der Waals surface area contributed by atoms with Crippen LogP contribution in [0.3, 0.4) is 0 Å².